The van der Waals surface area contributed by atoms with Gasteiger partial charge in [0.05, 0.1) is 7.05 Å². The lowest BCUT2D eigenvalue weighted by Gasteiger charge is -2.11. The van der Waals surface area contributed by atoms with E-state index in [9.17, 15) is 0 Å². The van der Waals surface area contributed by atoms with Crippen LogP contribution < -0.4 is 4.57 Å². The van der Waals surface area contributed by atoms with E-state index in [1.54, 1.807) is 0 Å². The molecule has 0 aliphatic rings. The highest BCUT2D eigenvalue weighted by molar-refractivity contribution is 7.26. The Morgan fingerprint density at radius 1 is 1.04 bits per heavy atom. The topological polar surface area (TPSA) is 16.8 Å². The van der Waals surface area contributed by atoms with E-state index >= 15 is 0 Å². The van der Waals surface area contributed by atoms with Gasteiger partial charge in [-0.2, -0.15) is 0 Å². The zero-order chi connectivity index (χ0) is 16.1. The lowest BCUT2D eigenvalue weighted by Crippen LogP contribution is -2.31. The Balaban J connectivity index is 2.17. The van der Waals surface area contributed by atoms with Gasteiger partial charge in [0.15, 0.2) is 5.69 Å². The van der Waals surface area contributed by atoms with Gasteiger partial charge < -0.3 is 0 Å². The van der Waals surface area contributed by atoms with Crippen molar-refractivity contribution in [2.75, 3.05) is 0 Å². The van der Waals surface area contributed by atoms with Crippen molar-refractivity contribution in [2.24, 2.45) is 7.05 Å². The number of aromatic nitrogens is 2. The van der Waals surface area contributed by atoms with Crippen LogP contribution in [0.15, 0.2) is 42.7 Å². The molecule has 0 unspecified atom stereocenters. The number of rotatable bonds is 1. The molecule has 0 saturated heterocycles. The van der Waals surface area contributed by atoms with Crippen molar-refractivity contribution in [3.8, 4) is 11.3 Å². The van der Waals surface area contributed by atoms with Gasteiger partial charge >= 0.3 is 0 Å². The molecule has 114 valence electrons. The van der Waals surface area contributed by atoms with E-state index in [0.29, 0.717) is 0 Å². The maximum atomic E-state index is 4.70. The van der Waals surface area contributed by atoms with E-state index in [4.69, 9.17) is 4.98 Å². The average molecular weight is 319 g/mol. The molecular weight excluding hydrogens is 300 g/mol. The Morgan fingerprint density at radius 3 is 2.65 bits per heavy atom. The van der Waals surface area contributed by atoms with Crippen LogP contribution in [0.25, 0.3) is 31.6 Å². The first kappa shape index (κ1) is 14.3. The summed E-state index contributed by atoms with van der Waals surface area (Å²) in [6.45, 7) is 6.57. The maximum Gasteiger partial charge on any atom is 0.287 e. The van der Waals surface area contributed by atoms with Crippen molar-refractivity contribution in [3.05, 3.63) is 59.4 Å². The van der Waals surface area contributed by atoms with Crippen molar-refractivity contribution in [1.29, 1.82) is 0 Å². The number of hydrogen-bond donors (Lipinski definition) is 0. The molecule has 0 bridgehead atoms. The van der Waals surface area contributed by atoms with Crippen LogP contribution in [0.2, 0.25) is 0 Å². The lowest BCUT2D eigenvalue weighted by atomic mass is 9.97. The van der Waals surface area contributed by atoms with Crippen LogP contribution in [0, 0.1) is 20.8 Å². The molecule has 2 heterocycles. The second-order valence-electron chi connectivity index (χ2n) is 6.23. The molecule has 2 nitrogen and oxygen atoms in total. The SMILES string of the molecule is Cc1cc(C)c(C)c(-c2c3sc4ccccc4c3nc[n+]2C)c1. The molecule has 0 amide bonds. The molecule has 0 atom stereocenters. The summed E-state index contributed by atoms with van der Waals surface area (Å²) in [5.41, 5.74) is 7.66. The lowest BCUT2D eigenvalue weighted by molar-refractivity contribution is -0.662. The molecule has 0 radical (unpaired) electrons. The van der Waals surface area contributed by atoms with Crippen LogP contribution in [0.1, 0.15) is 16.7 Å². The fourth-order valence-corrected chi connectivity index (χ4v) is 4.53. The van der Waals surface area contributed by atoms with E-state index < -0.39 is 0 Å². The number of nitrogens with zero attached hydrogens (tertiary/aromatic N) is 2. The van der Waals surface area contributed by atoms with Gasteiger partial charge in [-0.1, -0.05) is 23.8 Å². The van der Waals surface area contributed by atoms with Crippen LogP contribution in [-0.4, -0.2) is 4.98 Å². The first-order valence-electron chi connectivity index (χ1n) is 7.80. The van der Waals surface area contributed by atoms with E-state index in [0.717, 1.165) is 5.52 Å². The van der Waals surface area contributed by atoms with Crippen molar-refractivity contribution >= 4 is 31.6 Å². The number of benzene rings is 2. The predicted molar refractivity (Wildman–Crippen MR) is 97.9 cm³/mol. The first-order valence-corrected chi connectivity index (χ1v) is 8.62. The van der Waals surface area contributed by atoms with Crippen LogP contribution in [0.5, 0.6) is 0 Å². The second kappa shape index (κ2) is 5.14. The average Bonchev–Trinajstić information content (AvgIpc) is 2.89. The summed E-state index contributed by atoms with van der Waals surface area (Å²) in [7, 11) is 2.09. The fraction of sp³-hybridized carbons (Fsp3) is 0.200. The number of hydrogen-bond acceptors (Lipinski definition) is 2. The molecule has 0 N–H and O–H groups in total. The third-order valence-electron chi connectivity index (χ3n) is 4.56. The number of fused-ring (bicyclic) bond motifs is 3. The van der Waals surface area contributed by atoms with Gasteiger partial charge in [-0.3, -0.25) is 0 Å². The standard InChI is InChI=1S/C20H19N2S/c1-12-9-13(2)14(3)16(10-12)19-20-18(21-11-22(19)4)15-7-5-6-8-17(15)23-20/h5-11H,1-4H3/q+1. The molecule has 4 rings (SSSR count). The highest BCUT2D eigenvalue weighted by Crippen LogP contribution is 2.38. The van der Waals surface area contributed by atoms with Crippen molar-refractivity contribution < 1.29 is 4.57 Å². The normalized spacial score (nSPS) is 11.5. The maximum absolute atomic E-state index is 4.70. The van der Waals surface area contributed by atoms with Crippen LogP contribution in [-0.2, 0) is 7.05 Å². The van der Waals surface area contributed by atoms with Gasteiger partial charge in [0.25, 0.3) is 6.33 Å². The fourth-order valence-electron chi connectivity index (χ4n) is 3.28. The van der Waals surface area contributed by atoms with Crippen LogP contribution >= 0.6 is 11.3 Å². The monoisotopic (exact) mass is 319 g/mol. The third-order valence-corrected chi connectivity index (χ3v) is 5.73. The molecule has 0 spiro atoms. The molecule has 0 fully saturated rings. The quantitative estimate of drug-likeness (QED) is 0.458. The largest absolute Gasteiger partial charge is 0.287 e. The van der Waals surface area contributed by atoms with E-state index in [2.05, 4.69) is 68.8 Å². The number of aryl methyl sites for hydroxylation is 3. The Bertz CT molecular complexity index is 1060. The van der Waals surface area contributed by atoms with Gasteiger partial charge in [0.1, 0.15) is 4.70 Å². The minimum atomic E-state index is 1.11. The molecule has 0 aliphatic carbocycles. The molecule has 2 aromatic heterocycles. The number of thiophene rings is 1. The second-order valence-corrected chi connectivity index (χ2v) is 7.29. The summed E-state index contributed by atoms with van der Waals surface area (Å²) in [6.07, 6.45) is 1.94. The molecule has 0 saturated carbocycles. The highest BCUT2D eigenvalue weighted by atomic mass is 32.1. The van der Waals surface area contributed by atoms with E-state index in [-0.39, 0.29) is 0 Å². The molecule has 3 heteroatoms. The van der Waals surface area contributed by atoms with Crippen molar-refractivity contribution in [1.82, 2.24) is 4.98 Å². The molecule has 23 heavy (non-hydrogen) atoms. The summed E-state index contributed by atoms with van der Waals surface area (Å²) in [6, 6.07) is 13.1. The Kier molecular flexibility index (Phi) is 3.20. The highest BCUT2D eigenvalue weighted by Gasteiger charge is 2.21. The van der Waals surface area contributed by atoms with Crippen molar-refractivity contribution in [3.63, 3.8) is 0 Å². The van der Waals surface area contributed by atoms with Crippen LogP contribution in [0.3, 0.4) is 0 Å². The summed E-state index contributed by atoms with van der Waals surface area (Å²) in [5.74, 6) is 0. The molecule has 4 aromatic rings. The third kappa shape index (κ3) is 2.15. The van der Waals surface area contributed by atoms with Gasteiger partial charge in [-0.15, -0.1) is 11.3 Å². The summed E-state index contributed by atoms with van der Waals surface area (Å²) < 4.78 is 4.72. The Morgan fingerprint density at radius 2 is 1.83 bits per heavy atom. The van der Waals surface area contributed by atoms with Gasteiger partial charge in [-0.05, 0) is 55.1 Å². The zero-order valence-corrected chi connectivity index (χ0v) is 14.7. The smallest absolute Gasteiger partial charge is 0.231 e. The van der Waals surface area contributed by atoms with Gasteiger partial charge in [0, 0.05) is 15.6 Å². The van der Waals surface area contributed by atoms with E-state index in [1.807, 2.05) is 17.7 Å². The Hall–Kier alpha value is -2.26. The molecule has 0 aliphatic heterocycles. The van der Waals surface area contributed by atoms with Crippen molar-refractivity contribution in [2.45, 2.75) is 20.8 Å². The summed E-state index contributed by atoms with van der Waals surface area (Å²) in [4.78, 5) is 4.70. The summed E-state index contributed by atoms with van der Waals surface area (Å²) >= 11 is 1.83. The molecular formula is C20H19N2S+. The zero-order valence-electron chi connectivity index (χ0n) is 13.8. The van der Waals surface area contributed by atoms with Crippen LogP contribution in [0.4, 0.5) is 0 Å². The first-order chi connectivity index (χ1) is 11.1. The minimum absolute atomic E-state index is 1.11. The summed E-state index contributed by atoms with van der Waals surface area (Å²) in [5, 5.41) is 1.25. The Labute approximate surface area is 140 Å². The van der Waals surface area contributed by atoms with Gasteiger partial charge in [-0.25, -0.2) is 4.57 Å². The predicted octanol–water partition coefficient (Wildman–Crippen LogP) is 4.87. The molecule has 2 aromatic carbocycles. The van der Waals surface area contributed by atoms with Gasteiger partial charge in [0.2, 0.25) is 5.52 Å². The minimum Gasteiger partial charge on any atom is -0.231 e. The van der Waals surface area contributed by atoms with E-state index in [1.165, 1.54) is 42.7 Å².